The molecule has 0 saturated heterocycles. The second-order valence-electron chi connectivity index (χ2n) is 4.62. The summed E-state index contributed by atoms with van der Waals surface area (Å²) in [6.45, 7) is 7.66. The average Bonchev–Trinajstić information content (AvgIpc) is 2.74. The van der Waals surface area contributed by atoms with Crippen molar-refractivity contribution in [1.82, 2.24) is 20.8 Å². The summed E-state index contributed by atoms with van der Waals surface area (Å²) in [5.74, 6) is 2.72. The third kappa shape index (κ3) is 5.65. The fourth-order valence-electron chi connectivity index (χ4n) is 1.51. The lowest BCUT2D eigenvalue weighted by Gasteiger charge is -2.11. The normalized spacial score (nSPS) is 11.9. The topological polar surface area (TPSA) is 75.3 Å². The van der Waals surface area contributed by atoms with Crippen molar-refractivity contribution < 1.29 is 4.52 Å². The van der Waals surface area contributed by atoms with E-state index in [0.717, 1.165) is 24.8 Å². The minimum absolute atomic E-state index is 0.515. The smallest absolute Gasteiger partial charge is 0.223 e. The average molecular weight is 253 g/mol. The lowest BCUT2D eigenvalue weighted by Crippen LogP contribution is -2.37. The Kier molecular flexibility index (Phi) is 6.18. The molecular formula is C12H23N5O. The fraction of sp³-hybridized carbons (Fsp3) is 0.750. The van der Waals surface area contributed by atoms with Crippen LogP contribution in [0.4, 0.5) is 0 Å². The first-order valence-corrected chi connectivity index (χ1v) is 6.35. The maximum Gasteiger partial charge on any atom is 0.223 e. The first kappa shape index (κ1) is 14.5. The summed E-state index contributed by atoms with van der Waals surface area (Å²) >= 11 is 0. The van der Waals surface area contributed by atoms with Gasteiger partial charge in [-0.3, -0.25) is 4.99 Å². The highest BCUT2D eigenvalue weighted by Crippen LogP contribution is 2.01. The van der Waals surface area contributed by atoms with Crippen molar-refractivity contribution in [2.24, 2.45) is 10.9 Å². The summed E-state index contributed by atoms with van der Waals surface area (Å²) in [5, 5.41) is 10.2. The Labute approximate surface area is 108 Å². The van der Waals surface area contributed by atoms with E-state index in [9.17, 15) is 0 Å². The Hall–Kier alpha value is -1.59. The molecule has 0 bridgehead atoms. The van der Waals surface area contributed by atoms with Gasteiger partial charge in [0.2, 0.25) is 5.89 Å². The van der Waals surface area contributed by atoms with Crippen LogP contribution in [0.15, 0.2) is 9.52 Å². The SMILES string of the molecule is CN=C(NCCCC(C)C)NCc1noc(C)n1. The second-order valence-corrected chi connectivity index (χ2v) is 4.62. The summed E-state index contributed by atoms with van der Waals surface area (Å²) in [4.78, 5) is 8.25. The lowest BCUT2D eigenvalue weighted by atomic mass is 10.1. The fourth-order valence-corrected chi connectivity index (χ4v) is 1.51. The van der Waals surface area contributed by atoms with Gasteiger partial charge in [-0.05, 0) is 18.8 Å². The van der Waals surface area contributed by atoms with Crippen LogP contribution in [0, 0.1) is 12.8 Å². The zero-order chi connectivity index (χ0) is 13.4. The molecule has 0 radical (unpaired) electrons. The number of guanidine groups is 1. The van der Waals surface area contributed by atoms with Crippen molar-refractivity contribution in [2.75, 3.05) is 13.6 Å². The number of aliphatic imine (C=N–C) groups is 1. The number of aryl methyl sites for hydroxylation is 1. The molecule has 6 nitrogen and oxygen atoms in total. The Balaban J connectivity index is 2.22. The van der Waals surface area contributed by atoms with Gasteiger partial charge in [0.1, 0.15) is 0 Å². The molecule has 1 aromatic heterocycles. The summed E-state index contributed by atoms with van der Waals surface area (Å²) in [6.07, 6.45) is 2.35. The van der Waals surface area contributed by atoms with E-state index in [2.05, 4.69) is 39.6 Å². The number of nitrogens with one attached hydrogen (secondary N) is 2. The number of rotatable bonds is 6. The van der Waals surface area contributed by atoms with Crippen molar-refractivity contribution in [3.05, 3.63) is 11.7 Å². The highest BCUT2D eigenvalue weighted by atomic mass is 16.5. The van der Waals surface area contributed by atoms with Crippen molar-refractivity contribution in [1.29, 1.82) is 0 Å². The lowest BCUT2D eigenvalue weighted by molar-refractivity contribution is 0.386. The van der Waals surface area contributed by atoms with Crippen LogP contribution < -0.4 is 10.6 Å². The predicted octanol–water partition coefficient (Wildman–Crippen LogP) is 1.48. The van der Waals surface area contributed by atoms with Crippen LogP contribution in [-0.4, -0.2) is 29.7 Å². The number of hydrogen-bond acceptors (Lipinski definition) is 4. The predicted molar refractivity (Wildman–Crippen MR) is 71.3 cm³/mol. The quantitative estimate of drug-likeness (QED) is 0.456. The molecule has 0 aliphatic carbocycles. The molecule has 0 saturated carbocycles. The van der Waals surface area contributed by atoms with E-state index < -0.39 is 0 Å². The summed E-state index contributed by atoms with van der Waals surface area (Å²) in [6, 6.07) is 0. The van der Waals surface area contributed by atoms with Gasteiger partial charge in [0.25, 0.3) is 0 Å². The van der Waals surface area contributed by atoms with Crippen LogP contribution in [0.25, 0.3) is 0 Å². The molecule has 102 valence electrons. The molecular weight excluding hydrogens is 230 g/mol. The van der Waals surface area contributed by atoms with Crippen LogP contribution in [0.1, 0.15) is 38.4 Å². The minimum atomic E-state index is 0.515. The van der Waals surface area contributed by atoms with Crippen LogP contribution >= 0.6 is 0 Å². The maximum atomic E-state index is 4.89. The largest absolute Gasteiger partial charge is 0.356 e. The number of aromatic nitrogens is 2. The Morgan fingerprint density at radius 2 is 2.17 bits per heavy atom. The van der Waals surface area contributed by atoms with E-state index in [-0.39, 0.29) is 0 Å². The molecule has 2 N–H and O–H groups in total. The van der Waals surface area contributed by atoms with E-state index >= 15 is 0 Å². The molecule has 0 atom stereocenters. The van der Waals surface area contributed by atoms with Crippen molar-refractivity contribution in [2.45, 2.75) is 40.2 Å². The summed E-state index contributed by atoms with van der Waals surface area (Å²) in [5.41, 5.74) is 0. The molecule has 0 fully saturated rings. The highest BCUT2D eigenvalue weighted by Gasteiger charge is 2.03. The van der Waals surface area contributed by atoms with Crippen LogP contribution in [0.5, 0.6) is 0 Å². The van der Waals surface area contributed by atoms with Crippen LogP contribution in [0.3, 0.4) is 0 Å². The van der Waals surface area contributed by atoms with E-state index in [1.54, 1.807) is 14.0 Å². The molecule has 18 heavy (non-hydrogen) atoms. The minimum Gasteiger partial charge on any atom is -0.356 e. The van der Waals surface area contributed by atoms with E-state index in [1.165, 1.54) is 6.42 Å². The summed E-state index contributed by atoms with van der Waals surface area (Å²) in [7, 11) is 1.75. The number of nitrogens with zero attached hydrogens (tertiary/aromatic N) is 3. The molecule has 0 amide bonds. The highest BCUT2D eigenvalue weighted by molar-refractivity contribution is 5.79. The first-order chi connectivity index (χ1) is 8.61. The molecule has 1 heterocycles. The Morgan fingerprint density at radius 3 is 2.72 bits per heavy atom. The standard InChI is InChI=1S/C12H23N5O/c1-9(2)6-5-7-14-12(13-4)15-8-11-16-10(3)18-17-11/h9H,5-8H2,1-4H3,(H2,13,14,15). The van der Waals surface area contributed by atoms with Crippen molar-refractivity contribution in [3.63, 3.8) is 0 Å². The molecule has 0 spiro atoms. The van der Waals surface area contributed by atoms with E-state index in [0.29, 0.717) is 18.3 Å². The van der Waals surface area contributed by atoms with Gasteiger partial charge in [0, 0.05) is 20.5 Å². The summed E-state index contributed by atoms with van der Waals surface area (Å²) < 4.78 is 4.89. The van der Waals surface area contributed by atoms with Gasteiger partial charge in [-0.2, -0.15) is 4.98 Å². The zero-order valence-electron chi connectivity index (χ0n) is 11.7. The van der Waals surface area contributed by atoms with Gasteiger partial charge >= 0.3 is 0 Å². The molecule has 0 aliphatic rings. The van der Waals surface area contributed by atoms with Crippen LogP contribution in [0.2, 0.25) is 0 Å². The van der Waals surface area contributed by atoms with Crippen molar-refractivity contribution >= 4 is 5.96 Å². The van der Waals surface area contributed by atoms with Gasteiger partial charge in [-0.1, -0.05) is 19.0 Å². The third-order valence-corrected chi connectivity index (χ3v) is 2.46. The van der Waals surface area contributed by atoms with Gasteiger partial charge in [0.15, 0.2) is 11.8 Å². The molecule has 1 rings (SSSR count). The van der Waals surface area contributed by atoms with E-state index in [4.69, 9.17) is 4.52 Å². The van der Waals surface area contributed by atoms with Crippen LogP contribution in [-0.2, 0) is 6.54 Å². The van der Waals surface area contributed by atoms with Crippen molar-refractivity contribution in [3.8, 4) is 0 Å². The van der Waals surface area contributed by atoms with E-state index in [1.807, 2.05) is 0 Å². The molecule has 0 aromatic carbocycles. The third-order valence-electron chi connectivity index (χ3n) is 2.46. The van der Waals surface area contributed by atoms with Gasteiger partial charge < -0.3 is 15.2 Å². The second kappa shape index (κ2) is 7.68. The molecule has 6 heteroatoms. The first-order valence-electron chi connectivity index (χ1n) is 6.35. The number of hydrogen-bond donors (Lipinski definition) is 2. The monoisotopic (exact) mass is 253 g/mol. The Morgan fingerprint density at radius 1 is 1.39 bits per heavy atom. The Bertz CT molecular complexity index is 372. The molecule has 0 unspecified atom stereocenters. The molecule has 0 aliphatic heterocycles. The maximum absolute atomic E-state index is 4.89. The molecule has 1 aromatic rings. The van der Waals surface area contributed by atoms with Gasteiger partial charge in [0.05, 0.1) is 6.54 Å². The van der Waals surface area contributed by atoms with Gasteiger partial charge in [-0.25, -0.2) is 0 Å². The zero-order valence-corrected chi connectivity index (χ0v) is 11.7. The van der Waals surface area contributed by atoms with Gasteiger partial charge in [-0.15, -0.1) is 0 Å².